The standard InChI is InChI=1S/C25H31O4/c1-16-7-9-19(14-23(16)29-17(2)26)28-15-22(27)18-8-10-20-21(13-18)25(5,6)12-11-24(20,3)4/h7-10,13-14,22,27H,1,11-12,15H2,2-6H3. The van der Waals surface area contributed by atoms with Gasteiger partial charge in [-0.25, -0.2) is 0 Å². The Hall–Kier alpha value is -2.33. The third-order valence-electron chi connectivity index (χ3n) is 5.96. The molecule has 1 unspecified atom stereocenters. The summed E-state index contributed by atoms with van der Waals surface area (Å²) in [6, 6.07) is 11.4. The lowest BCUT2D eigenvalue weighted by Crippen LogP contribution is -2.34. The average Bonchev–Trinajstić information content (AvgIpc) is 2.65. The first kappa shape index (κ1) is 21.4. The van der Waals surface area contributed by atoms with Crippen molar-refractivity contribution < 1.29 is 19.4 Å². The molecule has 0 fully saturated rings. The molecule has 0 saturated heterocycles. The Bertz CT molecular complexity index is 911. The van der Waals surface area contributed by atoms with Crippen molar-refractivity contribution in [3.8, 4) is 11.5 Å². The molecule has 0 heterocycles. The van der Waals surface area contributed by atoms with Crippen molar-refractivity contribution in [2.45, 2.75) is 64.4 Å². The number of aliphatic hydroxyl groups excluding tert-OH is 1. The van der Waals surface area contributed by atoms with Gasteiger partial charge in [-0.3, -0.25) is 4.79 Å². The number of benzene rings is 2. The lowest BCUT2D eigenvalue weighted by atomic mass is 9.63. The van der Waals surface area contributed by atoms with Crippen molar-refractivity contribution >= 4 is 5.97 Å². The Balaban J connectivity index is 1.77. The van der Waals surface area contributed by atoms with E-state index >= 15 is 0 Å². The van der Waals surface area contributed by atoms with E-state index in [-0.39, 0.29) is 17.4 Å². The summed E-state index contributed by atoms with van der Waals surface area (Å²) in [6.45, 7) is 14.4. The highest BCUT2D eigenvalue weighted by Gasteiger charge is 2.37. The van der Waals surface area contributed by atoms with Gasteiger partial charge in [0.2, 0.25) is 0 Å². The van der Waals surface area contributed by atoms with Gasteiger partial charge in [-0.1, -0.05) is 52.0 Å². The predicted octanol–water partition coefficient (Wildman–Crippen LogP) is 5.26. The molecule has 4 heteroatoms. The van der Waals surface area contributed by atoms with Crippen LogP contribution in [0.15, 0.2) is 36.4 Å². The van der Waals surface area contributed by atoms with Gasteiger partial charge in [0.25, 0.3) is 0 Å². The molecular weight excluding hydrogens is 364 g/mol. The van der Waals surface area contributed by atoms with Gasteiger partial charge in [-0.2, -0.15) is 0 Å². The zero-order valence-electron chi connectivity index (χ0n) is 18.0. The maximum absolute atomic E-state index is 11.2. The summed E-state index contributed by atoms with van der Waals surface area (Å²) in [5.74, 6) is 0.473. The molecule has 2 aromatic carbocycles. The number of carbonyl (C=O) groups excluding carboxylic acids is 1. The Morgan fingerprint density at radius 2 is 1.72 bits per heavy atom. The molecule has 1 aliphatic rings. The van der Waals surface area contributed by atoms with Crippen LogP contribution in [0.5, 0.6) is 11.5 Å². The van der Waals surface area contributed by atoms with Crippen molar-refractivity contribution in [2.24, 2.45) is 0 Å². The Labute approximate surface area is 173 Å². The third kappa shape index (κ3) is 4.64. The van der Waals surface area contributed by atoms with Crippen molar-refractivity contribution in [3.63, 3.8) is 0 Å². The minimum absolute atomic E-state index is 0.0876. The van der Waals surface area contributed by atoms with E-state index in [0.717, 1.165) is 18.4 Å². The number of hydrogen-bond donors (Lipinski definition) is 1. The van der Waals surface area contributed by atoms with Gasteiger partial charge in [0, 0.05) is 13.0 Å². The molecule has 1 N–H and O–H groups in total. The molecule has 0 saturated carbocycles. The van der Waals surface area contributed by atoms with Gasteiger partial charge < -0.3 is 14.6 Å². The summed E-state index contributed by atoms with van der Waals surface area (Å²) >= 11 is 0. The van der Waals surface area contributed by atoms with E-state index in [9.17, 15) is 9.90 Å². The van der Waals surface area contributed by atoms with Crippen molar-refractivity contribution in [2.75, 3.05) is 6.61 Å². The van der Waals surface area contributed by atoms with E-state index in [1.54, 1.807) is 18.2 Å². The van der Waals surface area contributed by atoms with Crippen LogP contribution in [-0.2, 0) is 15.6 Å². The van der Waals surface area contributed by atoms with Crippen LogP contribution >= 0.6 is 0 Å². The van der Waals surface area contributed by atoms with E-state index < -0.39 is 12.1 Å². The molecule has 0 aromatic heterocycles. The smallest absolute Gasteiger partial charge is 0.308 e. The highest BCUT2D eigenvalue weighted by Crippen LogP contribution is 2.46. The fourth-order valence-electron chi connectivity index (χ4n) is 3.96. The van der Waals surface area contributed by atoms with Gasteiger partial charge in [-0.05, 0) is 58.9 Å². The molecule has 0 aliphatic heterocycles. The lowest BCUT2D eigenvalue weighted by molar-refractivity contribution is -0.131. The zero-order valence-corrected chi connectivity index (χ0v) is 18.0. The van der Waals surface area contributed by atoms with Crippen LogP contribution in [-0.4, -0.2) is 17.7 Å². The van der Waals surface area contributed by atoms with Crippen LogP contribution in [0.25, 0.3) is 0 Å². The Morgan fingerprint density at radius 1 is 1.07 bits per heavy atom. The fourth-order valence-corrected chi connectivity index (χ4v) is 3.96. The molecule has 155 valence electrons. The van der Waals surface area contributed by atoms with Crippen LogP contribution in [0.3, 0.4) is 0 Å². The molecule has 1 aliphatic carbocycles. The van der Waals surface area contributed by atoms with Crippen LogP contribution in [0, 0.1) is 6.92 Å². The first-order valence-corrected chi connectivity index (χ1v) is 10.1. The summed E-state index contributed by atoms with van der Waals surface area (Å²) in [7, 11) is 0. The minimum atomic E-state index is -0.752. The van der Waals surface area contributed by atoms with Crippen LogP contribution in [0.2, 0.25) is 0 Å². The Kier molecular flexibility index (Phi) is 5.77. The quantitative estimate of drug-likeness (QED) is 0.554. The number of rotatable bonds is 5. The van der Waals surface area contributed by atoms with Crippen LogP contribution < -0.4 is 9.47 Å². The number of ether oxygens (including phenoxy) is 2. The largest absolute Gasteiger partial charge is 0.490 e. The molecular formula is C25H31O4. The van der Waals surface area contributed by atoms with E-state index in [4.69, 9.17) is 9.47 Å². The van der Waals surface area contributed by atoms with Gasteiger partial charge in [0.05, 0.1) is 0 Å². The van der Waals surface area contributed by atoms with E-state index in [2.05, 4.69) is 46.8 Å². The van der Waals surface area contributed by atoms with E-state index in [1.807, 2.05) is 6.07 Å². The number of esters is 1. The monoisotopic (exact) mass is 395 g/mol. The second kappa shape index (κ2) is 7.83. The summed E-state index contributed by atoms with van der Waals surface area (Å²) < 4.78 is 10.9. The van der Waals surface area contributed by atoms with E-state index in [0.29, 0.717) is 17.1 Å². The molecule has 0 spiro atoms. The topological polar surface area (TPSA) is 55.8 Å². The number of aliphatic hydroxyl groups is 1. The van der Waals surface area contributed by atoms with Crippen molar-refractivity contribution in [1.82, 2.24) is 0 Å². The second-order valence-corrected chi connectivity index (χ2v) is 9.26. The Morgan fingerprint density at radius 3 is 2.38 bits per heavy atom. The summed E-state index contributed by atoms with van der Waals surface area (Å²) in [5, 5.41) is 10.7. The van der Waals surface area contributed by atoms with Crippen molar-refractivity contribution in [3.05, 3.63) is 65.6 Å². The van der Waals surface area contributed by atoms with Gasteiger partial charge >= 0.3 is 5.97 Å². The normalized spacial score (nSPS) is 17.9. The van der Waals surface area contributed by atoms with Crippen molar-refractivity contribution in [1.29, 1.82) is 0 Å². The number of hydrogen-bond acceptors (Lipinski definition) is 4. The molecule has 4 nitrogen and oxygen atoms in total. The third-order valence-corrected chi connectivity index (χ3v) is 5.96. The highest BCUT2D eigenvalue weighted by atomic mass is 16.5. The summed E-state index contributed by atoms with van der Waals surface area (Å²) in [5.41, 5.74) is 4.36. The molecule has 1 atom stereocenters. The summed E-state index contributed by atoms with van der Waals surface area (Å²) in [4.78, 5) is 11.2. The SMILES string of the molecule is [CH2]c1ccc(OCC(O)c2ccc3c(c2)C(C)(C)CCC3(C)C)cc1OC(C)=O. The summed E-state index contributed by atoms with van der Waals surface area (Å²) in [6.07, 6.45) is 1.53. The van der Waals surface area contributed by atoms with Gasteiger partial charge in [0.1, 0.15) is 24.2 Å². The molecule has 1 radical (unpaired) electrons. The molecule has 0 bridgehead atoms. The molecule has 0 amide bonds. The van der Waals surface area contributed by atoms with Crippen LogP contribution in [0.4, 0.5) is 0 Å². The maximum atomic E-state index is 11.2. The van der Waals surface area contributed by atoms with Crippen LogP contribution in [0.1, 0.15) is 75.8 Å². The average molecular weight is 396 g/mol. The highest BCUT2D eigenvalue weighted by molar-refractivity contribution is 5.70. The molecule has 29 heavy (non-hydrogen) atoms. The minimum Gasteiger partial charge on any atom is -0.490 e. The van der Waals surface area contributed by atoms with Gasteiger partial charge in [0.15, 0.2) is 0 Å². The molecule has 2 aromatic rings. The second-order valence-electron chi connectivity index (χ2n) is 9.26. The number of carbonyl (C=O) groups is 1. The van der Waals surface area contributed by atoms with E-state index in [1.165, 1.54) is 18.1 Å². The lowest BCUT2D eigenvalue weighted by Gasteiger charge is -2.42. The first-order valence-electron chi connectivity index (χ1n) is 10.1. The maximum Gasteiger partial charge on any atom is 0.308 e. The fraction of sp³-hybridized carbons (Fsp3) is 0.440. The molecule has 3 rings (SSSR count). The van der Waals surface area contributed by atoms with Gasteiger partial charge in [-0.15, -0.1) is 0 Å². The first-order chi connectivity index (χ1) is 13.5. The predicted molar refractivity (Wildman–Crippen MR) is 114 cm³/mol. The number of fused-ring (bicyclic) bond motifs is 1. The zero-order chi connectivity index (χ0) is 21.4.